The Bertz CT molecular complexity index is 1080. The zero-order chi connectivity index (χ0) is 21.1. The molecule has 0 fully saturated rings. The SMILES string of the molecule is COC(=O)c1c(-c2ccc(F)c(Br)c2OC)nn(-c2ccccc2)c1C(=O)OC. The van der Waals surface area contributed by atoms with Crippen LogP contribution in [0.5, 0.6) is 5.75 Å². The van der Waals surface area contributed by atoms with Gasteiger partial charge in [-0.05, 0) is 40.2 Å². The van der Waals surface area contributed by atoms with Crippen molar-refractivity contribution in [2.45, 2.75) is 0 Å². The van der Waals surface area contributed by atoms with Gasteiger partial charge in [0.05, 0.1) is 31.5 Å². The minimum atomic E-state index is -0.801. The number of benzene rings is 2. The standard InChI is InChI=1S/C20H16BrFN2O5/c1-27-18-12(9-10-13(22)15(18)21)16-14(19(25)28-2)17(20(26)29-3)24(23-16)11-7-5-4-6-8-11/h4-10H,1-3H3. The summed E-state index contributed by atoms with van der Waals surface area (Å²) in [6, 6.07) is 11.3. The average Bonchev–Trinajstić information content (AvgIpc) is 3.15. The van der Waals surface area contributed by atoms with Crippen LogP contribution in [0.4, 0.5) is 4.39 Å². The van der Waals surface area contributed by atoms with E-state index < -0.39 is 17.8 Å². The molecule has 0 N–H and O–H groups in total. The molecule has 2 aromatic carbocycles. The third-order valence-electron chi connectivity index (χ3n) is 4.16. The van der Waals surface area contributed by atoms with Crippen molar-refractivity contribution < 1.29 is 28.2 Å². The lowest BCUT2D eigenvalue weighted by atomic mass is 10.0. The number of esters is 2. The summed E-state index contributed by atoms with van der Waals surface area (Å²) < 4.78 is 30.4. The fourth-order valence-electron chi connectivity index (χ4n) is 2.86. The number of hydrogen-bond acceptors (Lipinski definition) is 6. The van der Waals surface area contributed by atoms with Crippen molar-refractivity contribution in [3.8, 4) is 22.7 Å². The molecular formula is C20H16BrFN2O5. The Labute approximate surface area is 174 Å². The highest BCUT2D eigenvalue weighted by Gasteiger charge is 2.33. The van der Waals surface area contributed by atoms with Crippen LogP contribution in [0.1, 0.15) is 20.8 Å². The van der Waals surface area contributed by atoms with E-state index in [1.807, 2.05) is 0 Å². The molecule has 150 valence electrons. The van der Waals surface area contributed by atoms with Crippen LogP contribution in [0.15, 0.2) is 46.9 Å². The van der Waals surface area contributed by atoms with E-state index in [1.54, 1.807) is 30.3 Å². The van der Waals surface area contributed by atoms with Gasteiger partial charge in [0, 0.05) is 5.56 Å². The minimum Gasteiger partial charge on any atom is -0.495 e. The molecule has 3 aromatic rings. The van der Waals surface area contributed by atoms with Gasteiger partial charge in [-0.1, -0.05) is 18.2 Å². The van der Waals surface area contributed by atoms with E-state index in [0.29, 0.717) is 11.3 Å². The van der Waals surface area contributed by atoms with Gasteiger partial charge in [-0.15, -0.1) is 0 Å². The first-order chi connectivity index (χ1) is 13.9. The van der Waals surface area contributed by atoms with E-state index in [2.05, 4.69) is 21.0 Å². The van der Waals surface area contributed by atoms with E-state index in [0.717, 1.165) is 0 Å². The number of rotatable bonds is 5. The van der Waals surface area contributed by atoms with Crippen LogP contribution < -0.4 is 4.74 Å². The lowest BCUT2D eigenvalue weighted by molar-refractivity contribution is 0.0549. The highest BCUT2D eigenvalue weighted by molar-refractivity contribution is 9.10. The smallest absolute Gasteiger partial charge is 0.357 e. The largest absolute Gasteiger partial charge is 0.495 e. The van der Waals surface area contributed by atoms with Crippen LogP contribution in [0, 0.1) is 5.82 Å². The van der Waals surface area contributed by atoms with Crippen molar-refractivity contribution in [2.75, 3.05) is 21.3 Å². The molecule has 9 heteroatoms. The van der Waals surface area contributed by atoms with Crippen molar-refractivity contribution in [1.29, 1.82) is 0 Å². The topological polar surface area (TPSA) is 79.7 Å². The summed E-state index contributed by atoms with van der Waals surface area (Å²) >= 11 is 3.14. The van der Waals surface area contributed by atoms with Crippen LogP contribution in [0.25, 0.3) is 16.9 Å². The molecule has 0 saturated heterocycles. The molecular weight excluding hydrogens is 447 g/mol. The number of methoxy groups -OCH3 is 3. The van der Waals surface area contributed by atoms with E-state index in [-0.39, 0.29) is 27.2 Å². The quantitative estimate of drug-likeness (QED) is 0.532. The van der Waals surface area contributed by atoms with Crippen LogP contribution in [0.2, 0.25) is 0 Å². The van der Waals surface area contributed by atoms with Crippen molar-refractivity contribution in [2.24, 2.45) is 0 Å². The number of hydrogen-bond donors (Lipinski definition) is 0. The second kappa shape index (κ2) is 8.44. The molecule has 0 aliphatic rings. The van der Waals surface area contributed by atoms with Gasteiger partial charge in [0.25, 0.3) is 0 Å². The molecule has 0 unspecified atom stereocenters. The van der Waals surface area contributed by atoms with E-state index in [4.69, 9.17) is 14.2 Å². The maximum Gasteiger partial charge on any atom is 0.357 e. The molecule has 0 amide bonds. The Balaban J connectivity index is 2.42. The van der Waals surface area contributed by atoms with E-state index >= 15 is 0 Å². The van der Waals surface area contributed by atoms with Crippen molar-refractivity contribution >= 4 is 27.9 Å². The molecule has 0 saturated carbocycles. The summed E-state index contributed by atoms with van der Waals surface area (Å²) in [7, 11) is 3.74. The summed E-state index contributed by atoms with van der Waals surface area (Å²) in [6.07, 6.45) is 0. The minimum absolute atomic E-state index is 0.0576. The third-order valence-corrected chi connectivity index (χ3v) is 4.90. The van der Waals surface area contributed by atoms with Crippen LogP contribution in [-0.2, 0) is 9.47 Å². The van der Waals surface area contributed by atoms with Gasteiger partial charge in [0.15, 0.2) is 5.69 Å². The van der Waals surface area contributed by atoms with Gasteiger partial charge in [-0.25, -0.2) is 18.7 Å². The molecule has 1 aromatic heterocycles. The Hall–Kier alpha value is -3.20. The number of carbonyl (C=O) groups excluding carboxylic acids is 2. The Morgan fingerprint density at radius 1 is 1.00 bits per heavy atom. The van der Waals surface area contributed by atoms with E-state index in [9.17, 15) is 14.0 Å². The zero-order valence-electron chi connectivity index (χ0n) is 15.7. The van der Waals surface area contributed by atoms with Gasteiger partial charge in [-0.2, -0.15) is 5.10 Å². The van der Waals surface area contributed by atoms with Crippen LogP contribution >= 0.6 is 15.9 Å². The predicted octanol–water partition coefficient (Wildman–Crippen LogP) is 4.02. The predicted molar refractivity (Wildman–Crippen MR) is 106 cm³/mol. The highest BCUT2D eigenvalue weighted by atomic mass is 79.9. The van der Waals surface area contributed by atoms with Gasteiger partial charge >= 0.3 is 11.9 Å². The van der Waals surface area contributed by atoms with Crippen LogP contribution in [-0.4, -0.2) is 43.0 Å². The normalized spacial score (nSPS) is 10.5. The number of nitrogens with zero attached hydrogens (tertiary/aromatic N) is 2. The molecule has 0 atom stereocenters. The van der Waals surface area contributed by atoms with Gasteiger partial charge in [0.2, 0.25) is 0 Å². The van der Waals surface area contributed by atoms with Crippen molar-refractivity contribution in [3.05, 3.63) is 64.0 Å². The van der Waals surface area contributed by atoms with E-state index in [1.165, 1.54) is 38.1 Å². The Kier molecular flexibility index (Phi) is 5.97. The third kappa shape index (κ3) is 3.61. The van der Waals surface area contributed by atoms with Crippen LogP contribution in [0.3, 0.4) is 0 Å². The summed E-state index contributed by atoms with van der Waals surface area (Å²) in [5, 5.41) is 4.46. The molecule has 0 aliphatic heterocycles. The second-order valence-electron chi connectivity index (χ2n) is 5.74. The highest BCUT2D eigenvalue weighted by Crippen LogP contribution is 2.40. The summed E-state index contributed by atoms with van der Waals surface area (Å²) in [6.45, 7) is 0. The maximum absolute atomic E-state index is 14.0. The molecule has 7 nitrogen and oxygen atoms in total. The lowest BCUT2D eigenvalue weighted by Gasteiger charge is -2.10. The number of aromatic nitrogens is 2. The molecule has 3 rings (SSSR count). The Morgan fingerprint density at radius 2 is 1.66 bits per heavy atom. The molecule has 0 radical (unpaired) electrons. The first kappa shape index (κ1) is 20.5. The van der Waals surface area contributed by atoms with Gasteiger partial charge in [-0.3, -0.25) is 0 Å². The summed E-state index contributed by atoms with van der Waals surface area (Å²) in [5.74, 6) is -2.02. The zero-order valence-corrected chi connectivity index (χ0v) is 17.3. The molecule has 0 spiro atoms. The summed E-state index contributed by atoms with van der Waals surface area (Å²) in [5.41, 5.74) is 0.646. The summed E-state index contributed by atoms with van der Waals surface area (Å²) in [4.78, 5) is 25.2. The monoisotopic (exact) mass is 462 g/mol. The molecule has 0 bridgehead atoms. The second-order valence-corrected chi connectivity index (χ2v) is 6.54. The number of ether oxygens (including phenoxy) is 3. The van der Waals surface area contributed by atoms with Gasteiger partial charge < -0.3 is 14.2 Å². The van der Waals surface area contributed by atoms with Crippen molar-refractivity contribution in [3.63, 3.8) is 0 Å². The van der Waals surface area contributed by atoms with Gasteiger partial charge in [0.1, 0.15) is 22.8 Å². The number of halogens is 2. The molecule has 29 heavy (non-hydrogen) atoms. The average molecular weight is 463 g/mol. The fourth-order valence-corrected chi connectivity index (χ4v) is 3.37. The lowest BCUT2D eigenvalue weighted by Crippen LogP contribution is -2.15. The molecule has 0 aliphatic carbocycles. The first-order valence-electron chi connectivity index (χ1n) is 8.32. The maximum atomic E-state index is 14.0. The molecule has 1 heterocycles. The number of para-hydroxylation sites is 1. The van der Waals surface area contributed by atoms with Crippen molar-refractivity contribution in [1.82, 2.24) is 9.78 Å². The first-order valence-corrected chi connectivity index (χ1v) is 9.11. The number of carbonyl (C=O) groups is 2. The fraction of sp³-hybridized carbons (Fsp3) is 0.150. The Morgan fingerprint density at radius 3 is 2.24 bits per heavy atom.